The van der Waals surface area contributed by atoms with E-state index in [9.17, 15) is 52.8 Å². The van der Waals surface area contributed by atoms with Crippen LogP contribution >= 0.6 is 69.0 Å². The summed E-state index contributed by atoms with van der Waals surface area (Å²) in [7, 11) is -6.67. The molecule has 8 rings (SSSR count). The summed E-state index contributed by atoms with van der Waals surface area (Å²) in [5.41, 5.74) is -1.29. The molecule has 0 fully saturated rings. The van der Waals surface area contributed by atoms with Gasteiger partial charge in [-0.1, -0.05) is 53.8 Å². The van der Waals surface area contributed by atoms with Crippen molar-refractivity contribution in [3.63, 3.8) is 0 Å². The van der Waals surface area contributed by atoms with Crippen molar-refractivity contribution < 1.29 is 57.6 Å². The number of aromatic amines is 1. The molecule has 380 valence electrons. The summed E-state index contributed by atoms with van der Waals surface area (Å²) in [5.74, 6) is -1.51. The normalized spacial score (nSPS) is 12.1. The number of H-pyrrole nitrogens is 1. The number of nitrogens with one attached hydrogen (secondary N) is 3. The van der Waals surface area contributed by atoms with E-state index in [2.05, 4.69) is 62.4 Å². The summed E-state index contributed by atoms with van der Waals surface area (Å²) in [6.07, 6.45) is -1.08. The van der Waals surface area contributed by atoms with Crippen molar-refractivity contribution in [3.05, 3.63) is 155 Å². The summed E-state index contributed by atoms with van der Waals surface area (Å²) in [6.45, 7) is 0.756. The number of fused-ring (bicyclic) bond motifs is 2. The van der Waals surface area contributed by atoms with Gasteiger partial charge in [0, 0.05) is 58.1 Å². The monoisotopic (exact) mass is 1230 g/mol. The maximum atomic E-state index is 13.2. The predicted octanol–water partition coefficient (Wildman–Crippen LogP) is 10.8. The fourth-order valence-electron chi connectivity index (χ4n) is 5.95. The lowest BCUT2D eigenvalue weighted by molar-refractivity contribution is -0.138. The molecule has 6 heterocycles. The standard InChI is InChI=1S/C19H10Cl2F3N5O3S.C15H12Cl2F3N3O4S.C7H5IN2.CH4/c20-9-5-15(29-33(31,32)10-1-2-14(21)13(6-10)19(22,23)24)16(26-7-9)17(30)11-3-4-25-18-12(11)8-27-28-18;1-23(27-2)14(24)13-12(5-8(16)7-21-13)22-28(25,26)9-3-4-11(17)10(6-9)15(18,19)20;8-6-1-2-10-7-4-9-3-5(6)7;/h1-8,29H,(H,25,27,28);3-7,22H,1-2H3;1-3H,4H2;1H4. The molecule has 0 radical (unpaired) electrons. The van der Waals surface area contributed by atoms with Crippen molar-refractivity contribution in [1.82, 2.24) is 35.2 Å². The van der Waals surface area contributed by atoms with Crippen LogP contribution in [0.2, 0.25) is 20.1 Å². The van der Waals surface area contributed by atoms with E-state index in [1.165, 1.54) is 41.8 Å². The summed E-state index contributed by atoms with van der Waals surface area (Å²) in [4.78, 5) is 48.7. The first-order chi connectivity index (χ1) is 33.2. The zero-order valence-corrected chi connectivity index (χ0v) is 42.2. The molecule has 0 saturated carbocycles. The largest absolute Gasteiger partial charge is 0.417 e. The molecule has 3 N–H and O–H groups in total. The highest BCUT2D eigenvalue weighted by Crippen LogP contribution is 2.38. The Bertz CT molecular complexity index is 3470. The smallest absolute Gasteiger partial charge is 0.287 e. The second-order valence-electron chi connectivity index (χ2n) is 14.0. The Morgan fingerprint density at radius 2 is 1.25 bits per heavy atom. The minimum Gasteiger partial charge on any atom is -0.287 e. The SMILES string of the molecule is C.CON(C)C(=O)c1ncc(Cl)cc1NS(=O)(=O)c1ccc(Cl)c(C(F)(F)F)c1.Ic1ccnc2c1C=NC2.O=C(c1ncc(Cl)cc1NS(=O)(=O)c1ccc(Cl)c(C(F)(F)F)c1)c1ccnc2[nH]ncc12. The molecule has 0 bridgehead atoms. The van der Waals surface area contributed by atoms with Crippen molar-refractivity contribution in [2.75, 3.05) is 23.6 Å². The molecule has 0 saturated heterocycles. The first-order valence-electron chi connectivity index (χ1n) is 19.1. The molecular formula is C42H31Cl4F6IN10O7S2. The van der Waals surface area contributed by atoms with Crippen LogP contribution in [-0.2, 0) is 43.8 Å². The van der Waals surface area contributed by atoms with Gasteiger partial charge in [-0.3, -0.25) is 38.9 Å². The Kier molecular flexibility index (Phi) is 18.2. The first-order valence-corrected chi connectivity index (χ1v) is 24.7. The van der Waals surface area contributed by atoms with Crippen LogP contribution < -0.4 is 9.44 Å². The number of hydrogen-bond acceptors (Lipinski definition) is 13. The van der Waals surface area contributed by atoms with E-state index >= 15 is 0 Å². The third-order valence-electron chi connectivity index (χ3n) is 9.36. The number of pyridine rings is 4. The number of nitrogens with zero attached hydrogens (tertiary/aromatic N) is 7. The van der Waals surface area contributed by atoms with Gasteiger partial charge in [0.05, 0.1) is 77.9 Å². The van der Waals surface area contributed by atoms with E-state index in [-0.39, 0.29) is 45.8 Å². The van der Waals surface area contributed by atoms with Gasteiger partial charge in [0.2, 0.25) is 5.78 Å². The molecule has 1 aliphatic heterocycles. The van der Waals surface area contributed by atoms with Crippen molar-refractivity contribution in [2.24, 2.45) is 4.99 Å². The van der Waals surface area contributed by atoms with E-state index in [1.807, 2.05) is 23.2 Å². The highest BCUT2D eigenvalue weighted by atomic mass is 127. The Labute approximate surface area is 438 Å². The third kappa shape index (κ3) is 13.4. The minimum atomic E-state index is -4.88. The molecule has 7 aromatic rings. The number of aliphatic imine (C=N–C) groups is 1. The number of aromatic nitrogens is 6. The van der Waals surface area contributed by atoms with Crippen LogP contribution in [-0.4, -0.2) is 84.1 Å². The first kappa shape index (κ1) is 57.2. The number of hydrogen-bond donors (Lipinski definition) is 3. The lowest BCUT2D eigenvalue weighted by atomic mass is 10.1. The van der Waals surface area contributed by atoms with Crippen molar-refractivity contribution in [2.45, 2.75) is 36.1 Å². The van der Waals surface area contributed by atoms with E-state index in [0.29, 0.717) is 23.2 Å². The van der Waals surface area contributed by atoms with Crippen LogP contribution in [0.4, 0.5) is 37.7 Å². The summed E-state index contributed by atoms with van der Waals surface area (Å²) >= 11 is 25.1. The third-order valence-corrected chi connectivity index (χ3v) is 14.1. The van der Waals surface area contributed by atoms with Gasteiger partial charge < -0.3 is 0 Å². The molecule has 2 aromatic carbocycles. The van der Waals surface area contributed by atoms with Crippen LogP contribution in [0.5, 0.6) is 0 Å². The number of halogens is 11. The van der Waals surface area contributed by atoms with E-state index in [1.54, 1.807) is 0 Å². The lowest BCUT2D eigenvalue weighted by Crippen LogP contribution is -2.28. The van der Waals surface area contributed by atoms with Gasteiger partial charge in [-0.05, 0) is 83.3 Å². The van der Waals surface area contributed by atoms with Crippen molar-refractivity contribution >= 4 is 129 Å². The van der Waals surface area contributed by atoms with Crippen LogP contribution in [0.15, 0.2) is 106 Å². The maximum absolute atomic E-state index is 13.2. The average molecular weight is 1230 g/mol. The Hall–Kier alpha value is -5.75. The molecule has 72 heavy (non-hydrogen) atoms. The summed E-state index contributed by atoms with van der Waals surface area (Å²) in [6, 6.07) is 9.77. The van der Waals surface area contributed by atoms with E-state index in [4.69, 9.17) is 51.2 Å². The van der Waals surface area contributed by atoms with Gasteiger partial charge in [-0.2, -0.15) is 31.4 Å². The van der Waals surface area contributed by atoms with Crippen LogP contribution in [0.1, 0.15) is 56.4 Å². The number of hydroxylamine groups is 2. The van der Waals surface area contributed by atoms with Gasteiger partial charge in [0.1, 0.15) is 5.69 Å². The topological polar surface area (TPSA) is 232 Å². The molecule has 1 aliphatic rings. The molecular weight excluding hydrogens is 1200 g/mol. The predicted molar refractivity (Wildman–Crippen MR) is 264 cm³/mol. The van der Waals surface area contributed by atoms with Gasteiger partial charge >= 0.3 is 12.4 Å². The molecule has 17 nitrogen and oxygen atoms in total. The van der Waals surface area contributed by atoms with Crippen molar-refractivity contribution in [3.8, 4) is 0 Å². The summed E-state index contributed by atoms with van der Waals surface area (Å²) in [5, 5.41) is 6.20. The molecule has 0 atom stereocenters. The molecule has 0 spiro atoms. The van der Waals surface area contributed by atoms with Crippen LogP contribution in [0.25, 0.3) is 11.0 Å². The fourth-order valence-corrected chi connectivity index (χ4v) is 9.50. The number of benzene rings is 2. The molecule has 1 amide bonds. The van der Waals surface area contributed by atoms with Crippen LogP contribution in [0, 0.1) is 3.57 Å². The summed E-state index contributed by atoms with van der Waals surface area (Å²) < 4.78 is 135. The fraction of sp³-hybridized carbons (Fsp3) is 0.143. The number of amides is 1. The Balaban J connectivity index is 0.000000223. The molecule has 30 heteroatoms. The minimum absolute atomic E-state index is 0. The zero-order chi connectivity index (χ0) is 52.2. The van der Waals surface area contributed by atoms with Crippen molar-refractivity contribution in [1.29, 1.82) is 0 Å². The van der Waals surface area contributed by atoms with E-state index in [0.717, 1.165) is 66.1 Å². The van der Waals surface area contributed by atoms with Crippen LogP contribution in [0.3, 0.4) is 0 Å². The molecule has 5 aromatic heterocycles. The number of carbonyl (C=O) groups is 2. The number of ketones is 1. The number of sulfonamides is 2. The quantitative estimate of drug-likeness (QED) is 0.0502. The molecule has 0 unspecified atom stereocenters. The average Bonchev–Trinajstić information content (AvgIpc) is 3.99. The highest BCUT2D eigenvalue weighted by molar-refractivity contribution is 14.1. The maximum Gasteiger partial charge on any atom is 0.417 e. The number of anilines is 2. The second kappa shape index (κ2) is 23.0. The second-order valence-corrected chi connectivity index (χ2v) is 20.2. The zero-order valence-electron chi connectivity index (χ0n) is 35.4. The van der Waals surface area contributed by atoms with Gasteiger partial charge in [-0.25, -0.2) is 36.9 Å². The Morgan fingerprint density at radius 1 is 0.736 bits per heavy atom. The lowest BCUT2D eigenvalue weighted by Gasteiger charge is -2.17. The van der Waals surface area contributed by atoms with Gasteiger partial charge in [0.25, 0.3) is 26.0 Å². The number of carbonyl (C=O) groups excluding carboxylic acids is 2. The van der Waals surface area contributed by atoms with Gasteiger partial charge in [0.15, 0.2) is 11.3 Å². The van der Waals surface area contributed by atoms with Gasteiger partial charge in [-0.15, -0.1) is 0 Å². The Morgan fingerprint density at radius 3 is 1.76 bits per heavy atom. The molecule has 0 aliphatic carbocycles. The number of rotatable bonds is 10. The number of alkyl halides is 6. The van der Waals surface area contributed by atoms with E-state index < -0.39 is 75.1 Å². The highest BCUT2D eigenvalue weighted by Gasteiger charge is 2.36.